The second kappa shape index (κ2) is 8.94. The molecule has 2 heterocycles. The van der Waals surface area contributed by atoms with Gasteiger partial charge in [0, 0.05) is 6.42 Å². The van der Waals surface area contributed by atoms with Crippen molar-refractivity contribution in [3.63, 3.8) is 0 Å². The molecule has 0 atom stereocenters. The minimum absolute atomic E-state index is 0.142. The van der Waals surface area contributed by atoms with E-state index in [2.05, 4.69) is 10.1 Å². The number of nitrogens with one attached hydrogen (secondary N) is 1. The Hall–Kier alpha value is -3.26. The summed E-state index contributed by atoms with van der Waals surface area (Å²) >= 11 is 1.20. The molecule has 2 aromatic heterocycles. The Morgan fingerprint density at radius 1 is 1.15 bits per heavy atom. The van der Waals surface area contributed by atoms with Gasteiger partial charge in [0.1, 0.15) is 0 Å². The molecular formula is C19H17F3N4O5S2. The summed E-state index contributed by atoms with van der Waals surface area (Å²) in [4.78, 5) is 26.6. The summed E-state index contributed by atoms with van der Waals surface area (Å²) in [5.41, 5.74) is -0.300. The fourth-order valence-corrected chi connectivity index (χ4v) is 4.83. The number of sulfonamides is 1. The predicted octanol–water partition coefficient (Wildman–Crippen LogP) is 3.30. The van der Waals surface area contributed by atoms with E-state index >= 15 is 0 Å². The number of hydrogen-bond donors (Lipinski definition) is 2. The predicted molar refractivity (Wildman–Crippen MR) is 111 cm³/mol. The number of carbonyl (C=O) groups excluding carboxylic acids is 1. The quantitative estimate of drug-likeness (QED) is 0.507. The largest absolute Gasteiger partial charge is 0.481 e. The number of aliphatic carboxylic acids is 1. The van der Waals surface area contributed by atoms with E-state index in [0.717, 1.165) is 22.9 Å². The van der Waals surface area contributed by atoms with Crippen LogP contribution in [0.3, 0.4) is 0 Å². The molecule has 0 bridgehead atoms. The highest BCUT2D eigenvalue weighted by Crippen LogP contribution is 2.36. The van der Waals surface area contributed by atoms with Crippen LogP contribution in [0.4, 0.5) is 13.2 Å². The molecule has 0 spiro atoms. The highest BCUT2D eigenvalue weighted by Gasteiger charge is 2.36. The molecule has 3 rings (SSSR count). The van der Waals surface area contributed by atoms with Gasteiger partial charge in [0.25, 0.3) is 10.0 Å². The lowest BCUT2D eigenvalue weighted by Gasteiger charge is -2.09. The number of rotatable bonds is 7. The molecule has 9 nitrogen and oxygen atoms in total. The number of alkyl halides is 3. The molecule has 2 N–H and O–H groups in total. The van der Waals surface area contributed by atoms with Crippen molar-refractivity contribution in [2.45, 2.75) is 37.8 Å². The highest BCUT2D eigenvalue weighted by atomic mass is 32.2. The third kappa shape index (κ3) is 5.57. The molecule has 14 heteroatoms. The molecule has 0 saturated carbocycles. The minimum atomic E-state index is -4.70. The van der Waals surface area contributed by atoms with Crippen LogP contribution in [0, 0.1) is 13.8 Å². The second-order valence-corrected chi connectivity index (χ2v) is 9.77. The summed E-state index contributed by atoms with van der Waals surface area (Å²) in [5.74, 6) is -2.26. The van der Waals surface area contributed by atoms with Crippen molar-refractivity contribution in [2.75, 3.05) is 0 Å². The zero-order valence-electron chi connectivity index (χ0n) is 17.2. The molecule has 0 radical (unpaired) electrons. The van der Waals surface area contributed by atoms with Crippen LogP contribution in [0.15, 0.2) is 35.2 Å². The lowest BCUT2D eigenvalue weighted by Crippen LogP contribution is -2.30. The Balaban J connectivity index is 1.96. The van der Waals surface area contributed by atoms with Gasteiger partial charge in [-0.05, 0) is 44.2 Å². The molecule has 0 aliphatic heterocycles. The minimum Gasteiger partial charge on any atom is -0.481 e. The van der Waals surface area contributed by atoms with Crippen LogP contribution in [0.5, 0.6) is 0 Å². The van der Waals surface area contributed by atoms with Gasteiger partial charge in [-0.15, -0.1) is 11.3 Å². The average Bonchev–Trinajstić information content (AvgIpc) is 3.29. The average molecular weight is 502 g/mol. The lowest BCUT2D eigenvalue weighted by atomic mass is 10.2. The molecule has 176 valence electrons. The molecule has 1 aromatic carbocycles. The van der Waals surface area contributed by atoms with Crippen molar-refractivity contribution in [2.24, 2.45) is 0 Å². The number of thiazole rings is 1. The maximum absolute atomic E-state index is 13.3. The number of carboxylic acids is 1. The van der Waals surface area contributed by atoms with Crippen LogP contribution < -0.4 is 4.72 Å². The van der Waals surface area contributed by atoms with Gasteiger partial charge in [-0.2, -0.15) is 18.3 Å². The Labute approximate surface area is 189 Å². The van der Waals surface area contributed by atoms with E-state index in [0.29, 0.717) is 15.6 Å². The smallest absolute Gasteiger partial charge is 0.435 e. The number of hydrogen-bond acceptors (Lipinski definition) is 7. The Kier molecular flexibility index (Phi) is 6.61. The number of nitrogens with zero attached hydrogens (tertiary/aromatic N) is 3. The van der Waals surface area contributed by atoms with E-state index in [4.69, 9.17) is 5.11 Å². The van der Waals surface area contributed by atoms with E-state index in [1.54, 1.807) is 18.6 Å². The van der Waals surface area contributed by atoms with Crippen molar-refractivity contribution in [3.8, 4) is 16.3 Å². The van der Waals surface area contributed by atoms with Crippen LogP contribution >= 0.6 is 11.3 Å². The fourth-order valence-electron chi connectivity index (χ4n) is 2.89. The number of aromatic nitrogens is 3. The van der Waals surface area contributed by atoms with Crippen LogP contribution in [-0.4, -0.2) is 40.2 Å². The van der Waals surface area contributed by atoms with Gasteiger partial charge in [0.05, 0.1) is 38.3 Å². The summed E-state index contributed by atoms with van der Waals surface area (Å²) < 4.78 is 67.5. The first-order valence-corrected chi connectivity index (χ1v) is 11.6. The summed E-state index contributed by atoms with van der Waals surface area (Å²) in [7, 11) is -4.30. The molecule has 0 saturated heterocycles. The van der Waals surface area contributed by atoms with E-state index in [1.807, 2.05) is 0 Å². The normalized spacial score (nSPS) is 12.0. The monoisotopic (exact) mass is 502 g/mol. The first kappa shape index (κ1) is 24.4. The summed E-state index contributed by atoms with van der Waals surface area (Å²) in [6, 6.07) is 5.59. The standard InChI is InChI=1S/C19H17F3N4O5S2/c1-10-18(32-11(2)23-10)14-9-15(19(20,21)22)24-26(14)12-3-5-13(6-4-12)33(30,31)25-16(27)7-8-17(28)29/h3-6,9H,7-8H2,1-2H3,(H,25,27)(H,28,29). The van der Waals surface area contributed by atoms with Crippen LogP contribution in [0.1, 0.15) is 29.2 Å². The molecule has 1 amide bonds. The van der Waals surface area contributed by atoms with E-state index in [-0.39, 0.29) is 16.3 Å². The van der Waals surface area contributed by atoms with Crippen LogP contribution in [-0.2, 0) is 25.8 Å². The summed E-state index contributed by atoms with van der Waals surface area (Å²) in [5, 5.41) is 12.9. The molecule has 0 aliphatic rings. The summed E-state index contributed by atoms with van der Waals surface area (Å²) in [6.45, 7) is 3.38. The van der Waals surface area contributed by atoms with Gasteiger partial charge in [-0.3, -0.25) is 9.59 Å². The number of amides is 1. The summed E-state index contributed by atoms with van der Waals surface area (Å²) in [6.07, 6.45) is -5.77. The zero-order chi connectivity index (χ0) is 24.6. The van der Waals surface area contributed by atoms with Crippen molar-refractivity contribution in [1.29, 1.82) is 0 Å². The number of aryl methyl sites for hydroxylation is 2. The number of halogens is 3. The van der Waals surface area contributed by atoms with Gasteiger partial charge < -0.3 is 5.11 Å². The van der Waals surface area contributed by atoms with Crippen molar-refractivity contribution < 1.29 is 36.3 Å². The van der Waals surface area contributed by atoms with Gasteiger partial charge in [0.2, 0.25) is 5.91 Å². The van der Waals surface area contributed by atoms with Gasteiger partial charge in [0.15, 0.2) is 5.69 Å². The van der Waals surface area contributed by atoms with Gasteiger partial charge >= 0.3 is 12.1 Å². The Morgan fingerprint density at radius 2 is 1.79 bits per heavy atom. The lowest BCUT2D eigenvalue weighted by molar-refractivity contribution is -0.141. The molecule has 3 aromatic rings. The maximum Gasteiger partial charge on any atom is 0.435 e. The third-order valence-corrected chi connectivity index (χ3v) is 6.83. The molecule has 0 aliphatic carbocycles. The maximum atomic E-state index is 13.3. The Morgan fingerprint density at radius 3 is 2.30 bits per heavy atom. The van der Waals surface area contributed by atoms with Crippen molar-refractivity contribution in [3.05, 3.63) is 46.7 Å². The van der Waals surface area contributed by atoms with Gasteiger partial charge in [-0.25, -0.2) is 22.8 Å². The van der Waals surface area contributed by atoms with E-state index in [9.17, 15) is 31.2 Å². The zero-order valence-corrected chi connectivity index (χ0v) is 18.8. The first-order chi connectivity index (χ1) is 15.3. The van der Waals surface area contributed by atoms with E-state index in [1.165, 1.54) is 23.5 Å². The Bertz CT molecular complexity index is 1310. The van der Waals surface area contributed by atoms with Crippen molar-refractivity contribution >= 4 is 33.2 Å². The van der Waals surface area contributed by atoms with Gasteiger partial charge in [-0.1, -0.05) is 0 Å². The van der Waals surface area contributed by atoms with E-state index < -0.39 is 46.6 Å². The molecule has 0 fully saturated rings. The van der Waals surface area contributed by atoms with Crippen LogP contribution in [0.2, 0.25) is 0 Å². The number of benzene rings is 1. The second-order valence-electron chi connectivity index (χ2n) is 6.89. The number of carbonyl (C=O) groups is 2. The molecule has 0 unspecified atom stereocenters. The topological polar surface area (TPSA) is 131 Å². The third-order valence-electron chi connectivity index (χ3n) is 4.34. The fraction of sp³-hybridized carbons (Fsp3) is 0.263. The SMILES string of the molecule is Cc1nc(C)c(-c2cc(C(F)(F)F)nn2-c2ccc(S(=O)(=O)NC(=O)CCC(=O)O)cc2)s1. The van der Waals surface area contributed by atoms with Crippen LogP contribution in [0.25, 0.3) is 16.3 Å². The molecular weight excluding hydrogens is 485 g/mol. The highest BCUT2D eigenvalue weighted by molar-refractivity contribution is 7.90. The van der Waals surface area contributed by atoms with Crippen molar-refractivity contribution in [1.82, 2.24) is 19.5 Å². The first-order valence-electron chi connectivity index (χ1n) is 9.27. The number of carboxylic acid groups (broad SMARTS) is 1. The molecule has 33 heavy (non-hydrogen) atoms.